The molecule has 3 rings (SSSR count). The number of halogens is 3. The van der Waals surface area contributed by atoms with Crippen LogP contribution in [-0.4, -0.2) is 22.3 Å². The minimum Gasteiger partial charge on any atom is -0.454 e. The zero-order valence-electron chi connectivity index (χ0n) is 12.7. The van der Waals surface area contributed by atoms with Crippen molar-refractivity contribution < 1.29 is 27.1 Å². The molecule has 0 unspecified atom stereocenters. The van der Waals surface area contributed by atoms with Crippen molar-refractivity contribution in [3.8, 4) is 5.75 Å². The van der Waals surface area contributed by atoms with E-state index in [0.717, 1.165) is 18.2 Å². The molecule has 0 aliphatic rings. The summed E-state index contributed by atoms with van der Waals surface area (Å²) >= 11 is 0. The molecule has 2 aromatic heterocycles. The topological polar surface area (TPSA) is 69.3 Å². The van der Waals surface area contributed by atoms with Gasteiger partial charge in [0.25, 0.3) is 5.91 Å². The fraction of sp³-hybridized carbons (Fsp3) is 0.125. The summed E-state index contributed by atoms with van der Waals surface area (Å²) in [5, 5.41) is 6.37. The van der Waals surface area contributed by atoms with Crippen LogP contribution in [0.15, 0.2) is 53.2 Å². The lowest BCUT2D eigenvalue weighted by atomic mass is 10.2. The van der Waals surface area contributed by atoms with Gasteiger partial charge in [-0.15, -0.1) is 0 Å². The number of alkyl halides is 2. The lowest BCUT2D eigenvalue weighted by molar-refractivity contribution is -0.0495. The second-order valence-electron chi connectivity index (χ2n) is 4.94. The van der Waals surface area contributed by atoms with E-state index in [4.69, 9.17) is 4.42 Å². The monoisotopic (exact) mass is 351 g/mol. The van der Waals surface area contributed by atoms with Gasteiger partial charge in [0, 0.05) is 18.5 Å². The van der Waals surface area contributed by atoms with Crippen LogP contribution in [0.2, 0.25) is 0 Å². The number of hydrogen-bond acceptors (Lipinski definition) is 4. The number of hydrogen-bond donors (Lipinski definition) is 1. The van der Waals surface area contributed by atoms with Crippen LogP contribution in [0.25, 0.3) is 0 Å². The van der Waals surface area contributed by atoms with Gasteiger partial charge < -0.3 is 14.5 Å². The van der Waals surface area contributed by atoms with E-state index in [1.807, 2.05) is 0 Å². The number of benzene rings is 1. The molecule has 1 amide bonds. The van der Waals surface area contributed by atoms with Crippen molar-refractivity contribution in [3.63, 3.8) is 0 Å². The number of nitrogens with zero attached hydrogens (tertiary/aromatic N) is 2. The van der Waals surface area contributed by atoms with Crippen molar-refractivity contribution >= 4 is 11.6 Å². The molecule has 25 heavy (non-hydrogen) atoms. The Bertz CT molecular complexity index is 863. The van der Waals surface area contributed by atoms with Gasteiger partial charge in [0.15, 0.2) is 11.5 Å². The number of aromatic nitrogens is 2. The van der Waals surface area contributed by atoms with Gasteiger partial charge in [-0.3, -0.25) is 9.48 Å². The molecule has 0 bridgehead atoms. The third-order valence-electron chi connectivity index (χ3n) is 3.17. The highest BCUT2D eigenvalue weighted by atomic mass is 19.3. The molecule has 0 aliphatic carbocycles. The van der Waals surface area contributed by atoms with E-state index in [0.29, 0.717) is 12.3 Å². The number of anilines is 1. The molecule has 0 saturated carbocycles. The summed E-state index contributed by atoms with van der Waals surface area (Å²) in [6, 6.07) is 7.67. The first kappa shape index (κ1) is 16.6. The standard InChI is InChI=1S/C16H12F3N3O3/c17-10-2-4-12(14(8-10)25-16(18)19)21-15(23)13-5-3-11(24-13)9-22-7-1-6-20-22/h1-8,16H,9H2,(H,21,23). The number of nitrogens with one attached hydrogen (secondary N) is 1. The number of furan rings is 1. The summed E-state index contributed by atoms with van der Waals surface area (Å²) in [6.45, 7) is -2.82. The van der Waals surface area contributed by atoms with Crippen LogP contribution in [-0.2, 0) is 6.54 Å². The lowest BCUT2D eigenvalue weighted by Gasteiger charge is -2.11. The Hall–Kier alpha value is -3.23. The van der Waals surface area contributed by atoms with Crippen LogP contribution in [0.5, 0.6) is 5.75 Å². The summed E-state index contributed by atoms with van der Waals surface area (Å²) in [7, 11) is 0. The van der Waals surface area contributed by atoms with Crippen LogP contribution < -0.4 is 10.1 Å². The van der Waals surface area contributed by atoms with E-state index < -0.39 is 24.1 Å². The number of carbonyl (C=O) groups excluding carboxylic acids is 1. The largest absolute Gasteiger partial charge is 0.454 e. The molecule has 9 heteroatoms. The average Bonchev–Trinajstić information content (AvgIpc) is 3.22. The molecule has 1 aromatic carbocycles. The lowest BCUT2D eigenvalue weighted by Crippen LogP contribution is -2.13. The van der Waals surface area contributed by atoms with E-state index in [-0.39, 0.29) is 11.4 Å². The highest BCUT2D eigenvalue weighted by Crippen LogP contribution is 2.27. The van der Waals surface area contributed by atoms with Gasteiger partial charge in [-0.05, 0) is 30.3 Å². The van der Waals surface area contributed by atoms with E-state index in [2.05, 4.69) is 15.2 Å². The molecule has 1 N–H and O–H groups in total. The molecule has 0 aliphatic heterocycles. The Morgan fingerprint density at radius 1 is 1.32 bits per heavy atom. The summed E-state index contributed by atoms with van der Waals surface area (Å²) in [4.78, 5) is 12.2. The number of carbonyl (C=O) groups is 1. The first-order chi connectivity index (χ1) is 12.0. The van der Waals surface area contributed by atoms with E-state index in [1.54, 1.807) is 29.2 Å². The molecular weight excluding hydrogens is 339 g/mol. The van der Waals surface area contributed by atoms with Crippen LogP contribution in [0, 0.1) is 5.82 Å². The third-order valence-corrected chi connectivity index (χ3v) is 3.17. The highest BCUT2D eigenvalue weighted by Gasteiger charge is 2.16. The zero-order valence-corrected chi connectivity index (χ0v) is 12.7. The van der Waals surface area contributed by atoms with Crippen molar-refractivity contribution in [2.45, 2.75) is 13.2 Å². The van der Waals surface area contributed by atoms with Crippen LogP contribution in [0.3, 0.4) is 0 Å². The molecule has 2 heterocycles. The van der Waals surface area contributed by atoms with E-state index >= 15 is 0 Å². The number of amides is 1. The Morgan fingerprint density at radius 2 is 2.16 bits per heavy atom. The van der Waals surface area contributed by atoms with Gasteiger partial charge >= 0.3 is 6.61 Å². The smallest absolute Gasteiger partial charge is 0.387 e. The minimum atomic E-state index is -3.15. The van der Waals surface area contributed by atoms with Crippen molar-refractivity contribution in [1.29, 1.82) is 0 Å². The van der Waals surface area contributed by atoms with Gasteiger partial charge in [0.1, 0.15) is 11.6 Å². The molecule has 3 aromatic rings. The molecule has 6 nitrogen and oxygen atoms in total. The summed E-state index contributed by atoms with van der Waals surface area (Å²) < 4.78 is 49.2. The summed E-state index contributed by atoms with van der Waals surface area (Å²) in [5.41, 5.74) is -0.100. The molecule has 0 radical (unpaired) electrons. The molecular formula is C16H12F3N3O3. The molecule has 130 valence electrons. The van der Waals surface area contributed by atoms with Crippen molar-refractivity contribution in [2.75, 3.05) is 5.32 Å². The normalized spacial score (nSPS) is 10.9. The maximum atomic E-state index is 13.2. The maximum absolute atomic E-state index is 13.2. The van der Waals surface area contributed by atoms with E-state index in [9.17, 15) is 18.0 Å². The zero-order chi connectivity index (χ0) is 17.8. The highest BCUT2D eigenvalue weighted by molar-refractivity contribution is 6.03. The summed E-state index contributed by atoms with van der Waals surface area (Å²) in [5.74, 6) is -1.48. The molecule has 0 fully saturated rings. The Kier molecular flexibility index (Phi) is 4.73. The molecule has 0 spiro atoms. The number of rotatable bonds is 6. The molecule has 0 atom stereocenters. The predicted octanol–water partition coefficient (Wildman–Crippen LogP) is 3.52. The first-order valence-corrected chi connectivity index (χ1v) is 7.13. The molecule has 0 saturated heterocycles. The van der Waals surface area contributed by atoms with Crippen molar-refractivity contribution in [1.82, 2.24) is 9.78 Å². The van der Waals surface area contributed by atoms with Crippen LogP contribution in [0.4, 0.5) is 18.9 Å². The van der Waals surface area contributed by atoms with Gasteiger partial charge in [-0.25, -0.2) is 4.39 Å². The van der Waals surface area contributed by atoms with Crippen LogP contribution >= 0.6 is 0 Å². The van der Waals surface area contributed by atoms with Crippen LogP contribution in [0.1, 0.15) is 16.3 Å². The van der Waals surface area contributed by atoms with Gasteiger partial charge in [-0.1, -0.05) is 0 Å². The fourth-order valence-electron chi connectivity index (χ4n) is 2.12. The maximum Gasteiger partial charge on any atom is 0.387 e. The summed E-state index contributed by atoms with van der Waals surface area (Å²) in [6.07, 6.45) is 3.34. The Labute approximate surface area is 139 Å². The second-order valence-corrected chi connectivity index (χ2v) is 4.94. The first-order valence-electron chi connectivity index (χ1n) is 7.13. The Balaban J connectivity index is 1.73. The van der Waals surface area contributed by atoms with E-state index in [1.165, 1.54) is 6.07 Å². The second kappa shape index (κ2) is 7.12. The Morgan fingerprint density at radius 3 is 2.88 bits per heavy atom. The average molecular weight is 351 g/mol. The van der Waals surface area contributed by atoms with Gasteiger partial charge in [-0.2, -0.15) is 13.9 Å². The SMILES string of the molecule is O=C(Nc1ccc(F)cc1OC(F)F)c1ccc(Cn2cccn2)o1. The third kappa shape index (κ3) is 4.19. The predicted molar refractivity (Wildman–Crippen MR) is 81.0 cm³/mol. The van der Waals surface area contributed by atoms with Gasteiger partial charge in [0.2, 0.25) is 0 Å². The van der Waals surface area contributed by atoms with Gasteiger partial charge in [0.05, 0.1) is 12.2 Å². The fourth-order valence-corrected chi connectivity index (χ4v) is 2.12. The quantitative estimate of drug-likeness (QED) is 0.738. The number of ether oxygens (including phenoxy) is 1. The van der Waals surface area contributed by atoms with Crippen molar-refractivity contribution in [2.24, 2.45) is 0 Å². The minimum absolute atomic E-state index is 0.0329. The van der Waals surface area contributed by atoms with Crippen molar-refractivity contribution in [3.05, 3.63) is 66.1 Å².